The zero-order valence-corrected chi connectivity index (χ0v) is 11.2. The minimum atomic E-state index is -0.106. The van der Waals surface area contributed by atoms with Crippen molar-refractivity contribution in [3.63, 3.8) is 0 Å². The molecule has 0 aliphatic heterocycles. The van der Waals surface area contributed by atoms with E-state index < -0.39 is 0 Å². The predicted octanol–water partition coefficient (Wildman–Crippen LogP) is 2.62. The second-order valence-corrected chi connectivity index (χ2v) is 4.82. The average Bonchev–Trinajstić information content (AvgIpc) is 2.28. The van der Waals surface area contributed by atoms with E-state index in [1.807, 2.05) is 6.07 Å². The van der Waals surface area contributed by atoms with Crippen LogP contribution in [0.25, 0.3) is 0 Å². The standard InChI is InChI=1S/C12H17BrN2O/c1-9(2)7-10(8-13)15-12(16)11-5-3-4-6-14-11/h3-6,9-10H,7-8H2,1-2H3,(H,15,16). The lowest BCUT2D eigenvalue weighted by atomic mass is 10.1. The highest BCUT2D eigenvalue weighted by Crippen LogP contribution is 2.07. The highest BCUT2D eigenvalue weighted by Gasteiger charge is 2.14. The molecule has 0 aliphatic rings. The molecule has 16 heavy (non-hydrogen) atoms. The summed E-state index contributed by atoms with van der Waals surface area (Å²) < 4.78 is 0. The fourth-order valence-corrected chi connectivity index (χ4v) is 1.91. The second-order valence-electron chi connectivity index (χ2n) is 4.17. The molecule has 0 radical (unpaired) electrons. The third kappa shape index (κ3) is 4.31. The van der Waals surface area contributed by atoms with Crippen molar-refractivity contribution in [3.8, 4) is 0 Å². The summed E-state index contributed by atoms with van der Waals surface area (Å²) in [7, 11) is 0. The van der Waals surface area contributed by atoms with Crippen LogP contribution in [0.3, 0.4) is 0 Å². The summed E-state index contributed by atoms with van der Waals surface area (Å²) in [6.07, 6.45) is 2.59. The molecule has 1 unspecified atom stereocenters. The number of alkyl halides is 1. The maximum absolute atomic E-state index is 11.8. The van der Waals surface area contributed by atoms with Gasteiger partial charge in [-0.05, 0) is 24.5 Å². The number of pyridine rings is 1. The Kier molecular flexibility index (Phi) is 5.46. The molecule has 1 heterocycles. The van der Waals surface area contributed by atoms with Crippen molar-refractivity contribution in [2.24, 2.45) is 5.92 Å². The Bertz CT molecular complexity index is 327. The summed E-state index contributed by atoms with van der Waals surface area (Å²) in [5.41, 5.74) is 0.470. The SMILES string of the molecule is CC(C)CC(CBr)NC(=O)c1ccccn1. The number of carbonyl (C=O) groups excluding carboxylic acids is 1. The van der Waals surface area contributed by atoms with Gasteiger partial charge in [-0.15, -0.1) is 0 Å². The molecule has 1 atom stereocenters. The third-order valence-electron chi connectivity index (χ3n) is 2.17. The molecule has 88 valence electrons. The Morgan fingerprint density at radius 1 is 1.50 bits per heavy atom. The maximum Gasteiger partial charge on any atom is 0.270 e. The summed E-state index contributed by atoms with van der Waals surface area (Å²) in [6, 6.07) is 5.49. The van der Waals surface area contributed by atoms with E-state index in [9.17, 15) is 4.79 Å². The highest BCUT2D eigenvalue weighted by atomic mass is 79.9. The molecule has 1 aromatic heterocycles. The molecular weight excluding hydrogens is 268 g/mol. The summed E-state index contributed by atoms with van der Waals surface area (Å²) in [5, 5.41) is 3.73. The van der Waals surface area contributed by atoms with Gasteiger partial charge < -0.3 is 5.32 Å². The molecule has 0 aromatic carbocycles. The highest BCUT2D eigenvalue weighted by molar-refractivity contribution is 9.09. The monoisotopic (exact) mass is 284 g/mol. The van der Waals surface area contributed by atoms with Gasteiger partial charge in [0.25, 0.3) is 5.91 Å². The van der Waals surface area contributed by atoms with E-state index in [0.29, 0.717) is 11.6 Å². The zero-order chi connectivity index (χ0) is 12.0. The van der Waals surface area contributed by atoms with Crippen LogP contribution in [0.4, 0.5) is 0 Å². The number of hydrogen-bond donors (Lipinski definition) is 1. The first-order valence-corrected chi connectivity index (χ1v) is 6.53. The van der Waals surface area contributed by atoms with Gasteiger partial charge in [-0.3, -0.25) is 9.78 Å². The molecule has 0 saturated carbocycles. The Hall–Kier alpha value is -0.900. The summed E-state index contributed by atoms with van der Waals surface area (Å²) in [5.74, 6) is 0.456. The van der Waals surface area contributed by atoms with Gasteiger partial charge in [0, 0.05) is 17.6 Å². The van der Waals surface area contributed by atoms with Gasteiger partial charge in [0.05, 0.1) is 0 Å². The Balaban J connectivity index is 2.56. The number of halogens is 1. The lowest BCUT2D eigenvalue weighted by Crippen LogP contribution is -2.37. The van der Waals surface area contributed by atoms with Crippen molar-refractivity contribution in [1.29, 1.82) is 0 Å². The van der Waals surface area contributed by atoms with Crippen LogP contribution in [0.1, 0.15) is 30.8 Å². The van der Waals surface area contributed by atoms with Crippen molar-refractivity contribution in [3.05, 3.63) is 30.1 Å². The molecule has 0 spiro atoms. The second kappa shape index (κ2) is 6.63. The number of carbonyl (C=O) groups is 1. The van der Waals surface area contributed by atoms with Gasteiger partial charge >= 0.3 is 0 Å². The molecule has 0 fully saturated rings. The molecule has 0 aliphatic carbocycles. The summed E-state index contributed by atoms with van der Waals surface area (Å²) >= 11 is 3.41. The Labute approximate surface area is 105 Å². The van der Waals surface area contributed by atoms with E-state index in [0.717, 1.165) is 11.8 Å². The molecular formula is C12H17BrN2O. The average molecular weight is 285 g/mol. The van der Waals surface area contributed by atoms with Crippen LogP contribution < -0.4 is 5.32 Å². The van der Waals surface area contributed by atoms with E-state index in [4.69, 9.17) is 0 Å². The van der Waals surface area contributed by atoms with E-state index in [2.05, 4.69) is 40.1 Å². The van der Waals surface area contributed by atoms with E-state index in [-0.39, 0.29) is 11.9 Å². The fourth-order valence-electron chi connectivity index (χ4n) is 1.49. The lowest BCUT2D eigenvalue weighted by molar-refractivity contribution is 0.0932. The number of hydrogen-bond acceptors (Lipinski definition) is 2. The van der Waals surface area contributed by atoms with Crippen LogP contribution in [-0.4, -0.2) is 22.3 Å². The molecule has 1 amide bonds. The zero-order valence-electron chi connectivity index (χ0n) is 9.61. The summed E-state index contributed by atoms with van der Waals surface area (Å²) in [6.45, 7) is 4.28. The van der Waals surface area contributed by atoms with Crippen LogP contribution >= 0.6 is 15.9 Å². The third-order valence-corrected chi connectivity index (χ3v) is 2.96. The molecule has 1 aromatic rings. The lowest BCUT2D eigenvalue weighted by Gasteiger charge is -2.17. The summed E-state index contributed by atoms with van der Waals surface area (Å²) in [4.78, 5) is 15.8. The van der Waals surface area contributed by atoms with Crippen molar-refractivity contribution >= 4 is 21.8 Å². The number of rotatable bonds is 5. The van der Waals surface area contributed by atoms with Crippen LogP contribution in [0.5, 0.6) is 0 Å². The maximum atomic E-state index is 11.8. The van der Waals surface area contributed by atoms with Crippen molar-refractivity contribution in [2.45, 2.75) is 26.3 Å². The van der Waals surface area contributed by atoms with Crippen molar-refractivity contribution in [2.75, 3.05) is 5.33 Å². The number of nitrogens with zero attached hydrogens (tertiary/aromatic N) is 1. The van der Waals surface area contributed by atoms with Gasteiger partial charge in [-0.1, -0.05) is 35.8 Å². The van der Waals surface area contributed by atoms with E-state index in [1.54, 1.807) is 18.3 Å². The molecule has 3 nitrogen and oxygen atoms in total. The van der Waals surface area contributed by atoms with Crippen LogP contribution in [0.2, 0.25) is 0 Å². The van der Waals surface area contributed by atoms with Crippen molar-refractivity contribution < 1.29 is 4.79 Å². The minimum absolute atomic E-state index is 0.106. The smallest absolute Gasteiger partial charge is 0.270 e. The first kappa shape index (κ1) is 13.2. The largest absolute Gasteiger partial charge is 0.347 e. The van der Waals surface area contributed by atoms with Gasteiger partial charge in [0.2, 0.25) is 0 Å². The fraction of sp³-hybridized carbons (Fsp3) is 0.500. The Morgan fingerprint density at radius 3 is 2.75 bits per heavy atom. The van der Waals surface area contributed by atoms with Crippen LogP contribution in [0, 0.1) is 5.92 Å². The predicted molar refractivity (Wildman–Crippen MR) is 68.7 cm³/mol. The van der Waals surface area contributed by atoms with Crippen LogP contribution in [0.15, 0.2) is 24.4 Å². The van der Waals surface area contributed by atoms with Gasteiger partial charge in [-0.25, -0.2) is 0 Å². The van der Waals surface area contributed by atoms with Crippen molar-refractivity contribution in [1.82, 2.24) is 10.3 Å². The van der Waals surface area contributed by atoms with Gasteiger partial charge in [0.15, 0.2) is 0 Å². The van der Waals surface area contributed by atoms with Gasteiger partial charge in [-0.2, -0.15) is 0 Å². The molecule has 1 N–H and O–H groups in total. The van der Waals surface area contributed by atoms with E-state index >= 15 is 0 Å². The topological polar surface area (TPSA) is 42.0 Å². The molecule has 1 rings (SSSR count). The Morgan fingerprint density at radius 2 is 2.25 bits per heavy atom. The molecule has 0 bridgehead atoms. The number of amides is 1. The first-order chi connectivity index (χ1) is 7.63. The number of aromatic nitrogens is 1. The first-order valence-electron chi connectivity index (χ1n) is 5.41. The molecule has 4 heteroatoms. The van der Waals surface area contributed by atoms with Crippen LogP contribution in [-0.2, 0) is 0 Å². The quantitative estimate of drug-likeness (QED) is 0.845. The number of nitrogens with one attached hydrogen (secondary N) is 1. The normalized spacial score (nSPS) is 12.5. The van der Waals surface area contributed by atoms with E-state index in [1.165, 1.54) is 0 Å². The molecule has 0 saturated heterocycles. The minimum Gasteiger partial charge on any atom is -0.347 e. The van der Waals surface area contributed by atoms with Gasteiger partial charge in [0.1, 0.15) is 5.69 Å².